The number of esters is 1. The molecule has 23 heavy (non-hydrogen) atoms. The number of rotatable bonds is 5. The molecule has 3 rings (SSSR count). The third-order valence-electron chi connectivity index (χ3n) is 3.21. The van der Waals surface area contributed by atoms with Gasteiger partial charge in [0.25, 0.3) is 0 Å². The molecule has 1 unspecified atom stereocenters. The molecule has 0 bridgehead atoms. The molecule has 8 heteroatoms. The molecule has 1 N–H and O–H groups in total. The van der Waals surface area contributed by atoms with E-state index in [0.717, 1.165) is 5.56 Å². The maximum absolute atomic E-state index is 12.0. The van der Waals surface area contributed by atoms with Crippen molar-refractivity contribution in [1.82, 2.24) is 10.2 Å². The number of benzene rings is 1. The Bertz CT molecular complexity index is 726. The predicted molar refractivity (Wildman–Crippen MR) is 77.1 cm³/mol. The van der Waals surface area contributed by atoms with Gasteiger partial charge in [-0.05, 0) is 18.2 Å². The van der Waals surface area contributed by atoms with Crippen molar-refractivity contribution < 1.29 is 28.5 Å². The molecule has 1 aromatic heterocycles. The second kappa shape index (κ2) is 6.39. The van der Waals surface area contributed by atoms with E-state index in [0.29, 0.717) is 11.4 Å². The van der Waals surface area contributed by atoms with E-state index >= 15 is 0 Å². The summed E-state index contributed by atoms with van der Waals surface area (Å²) in [5.74, 6) is 0.104. The number of aromatic nitrogens is 2. The molecule has 1 fully saturated rings. The van der Waals surface area contributed by atoms with E-state index < -0.39 is 18.2 Å². The minimum absolute atomic E-state index is 0.0713. The van der Waals surface area contributed by atoms with Gasteiger partial charge < -0.3 is 18.9 Å². The lowest BCUT2D eigenvalue weighted by Crippen LogP contribution is -2.21. The summed E-state index contributed by atoms with van der Waals surface area (Å²) in [5.41, 5.74) is 1.59. The number of H-pyrrole nitrogens is 1. The molecular formula is C15H14N2O6. The minimum Gasteiger partial charge on any atom is -0.497 e. The lowest BCUT2D eigenvalue weighted by atomic mass is 10.1. The minimum atomic E-state index is -0.757. The molecule has 1 saturated heterocycles. The summed E-state index contributed by atoms with van der Waals surface area (Å²) < 4.78 is 19.6. The molecular weight excluding hydrogens is 304 g/mol. The van der Waals surface area contributed by atoms with Crippen LogP contribution < -0.4 is 4.74 Å². The molecule has 120 valence electrons. The van der Waals surface area contributed by atoms with Crippen LogP contribution in [-0.2, 0) is 14.2 Å². The number of cyclic esters (lactones) is 2. The first-order chi connectivity index (χ1) is 11.2. The van der Waals surface area contributed by atoms with Gasteiger partial charge in [0, 0.05) is 5.56 Å². The summed E-state index contributed by atoms with van der Waals surface area (Å²) in [6.45, 7) is 0.00222. The Morgan fingerprint density at radius 2 is 2.30 bits per heavy atom. The van der Waals surface area contributed by atoms with Crippen LogP contribution in [0.15, 0.2) is 30.3 Å². The molecule has 1 aromatic carbocycles. The van der Waals surface area contributed by atoms with Crippen molar-refractivity contribution in [3.63, 3.8) is 0 Å². The fourth-order valence-corrected chi connectivity index (χ4v) is 2.05. The largest absolute Gasteiger partial charge is 0.508 e. The van der Waals surface area contributed by atoms with Crippen molar-refractivity contribution in [3.8, 4) is 17.0 Å². The van der Waals surface area contributed by atoms with Crippen LogP contribution in [0.25, 0.3) is 11.3 Å². The van der Waals surface area contributed by atoms with Gasteiger partial charge in [-0.15, -0.1) is 0 Å². The molecule has 1 aliphatic heterocycles. The summed E-state index contributed by atoms with van der Waals surface area (Å²) in [6.07, 6.45) is -1.33. The molecule has 0 radical (unpaired) electrons. The molecule has 0 aliphatic carbocycles. The van der Waals surface area contributed by atoms with Crippen LogP contribution in [0.3, 0.4) is 0 Å². The highest BCUT2D eigenvalue weighted by molar-refractivity contribution is 5.88. The van der Waals surface area contributed by atoms with Crippen LogP contribution in [0.4, 0.5) is 4.79 Å². The summed E-state index contributed by atoms with van der Waals surface area (Å²) in [5, 5.41) is 6.70. The topological polar surface area (TPSA) is 99.7 Å². The summed E-state index contributed by atoms with van der Waals surface area (Å²) >= 11 is 0. The quantitative estimate of drug-likeness (QED) is 0.839. The lowest BCUT2D eigenvalue weighted by Gasteiger charge is -2.06. The summed E-state index contributed by atoms with van der Waals surface area (Å²) in [4.78, 5) is 22.7. The van der Waals surface area contributed by atoms with Crippen molar-refractivity contribution in [2.45, 2.75) is 6.10 Å². The molecule has 0 saturated carbocycles. The van der Waals surface area contributed by atoms with E-state index in [4.69, 9.17) is 14.2 Å². The monoisotopic (exact) mass is 318 g/mol. The number of hydrogen-bond donors (Lipinski definition) is 1. The summed E-state index contributed by atoms with van der Waals surface area (Å²) in [7, 11) is 1.58. The van der Waals surface area contributed by atoms with Crippen molar-refractivity contribution in [2.75, 3.05) is 20.3 Å². The van der Waals surface area contributed by atoms with Crippen molar-refractivity contribution >= 4 is 12.1 Å². The number of aromatic amines is 1. The van der Waals surface area contributed by atoms with E-state index in [1.165, 1.54) is 0 Å². The number of methoxy groups -OCH3 is 1. The van der Waals surface area contributed by atoms with Gasteiger partial charge in [0.15, 0.2) is 6.10 Å². The lowest BCUT2D eigenvalue weighted by molar-refractivity contribution is 0.0294. The van der Waals surface area contributed by atoms with Crippen LogP contribution in [0.5, 0.6) is 5.75 Å². The number of nitrogens with one attached hydrogen (secondary N) is 1. The molecule has 1 atom stereocenters. The van der Waals surface area contributed by atoms with Crippen LogP contribution in [0, 0.1) is 0 Å². The van der Waals surface area contributed by atoms with Crippen LogP contribution >= 0.6 is 0 Å². The molecule has 2 heterocycles. The Hall–Kier alpha value is -3.03. The highest BCUT2D eigenvalue weighted by atomic mass is 16.8. The zero-order chi connectivity index (χ0) is 16.2. The number of nitrogens with zero attached hydrogens (tertiary/aromatic N) is 1. The normalized spacial score (nSPS) is 16.6. The van der Waals surface area contributed by atoms with Crippen molar-refractivity contribution in [3.05, 3.63) is 36.0 Å². The van der Waals surface area contributed by atoms with Gasteiger partial charge in [-0.1, -0.05) is 12.1 Å². The Kier molecular flexibility index (Phi) is 4.13. The highest BCUT2D eigenvalue weighted by Crippen LogP contribution is 2.22. The zero-order valence-electron chi connectivity index (χ0n) is 12.3. The Morgan fingerprint density at radius 3 is 3.04 bits per heavy atom. The maximum atomic E-state index is 12.0. The molecule has 1 aliphatic rings. The van der Waals surface area contributed by atoms with Gasteiger partial charge in [0.2, 0.25) is 0 Å². The summed E-state index contributed by atoms with van der Waals surface area (Å²) in [6, 6.07) is 8.88. The predicted octanol–water partition coefficient (Wildman–Crippen LogP) is 1.78. The van der Waals surface area contributed by atoms with E-state index in [1.807, 2.05) is 18.2 Å². The third kappa shape index (κ3) is 3.42. The van der Waals surface area contributed by atoms with E-state index in [-0.39, 0.29) is 18.9 Å². The Morgan fingerprint density at radius 1 is 1.43 bits per heavy atom. The number of carbonyl (C=O) groups excluding carboxylic acids is 2. The average Bonchev–Trinajstić information content (AvgIpc) is 3.22. The fraction of sp³-hybridized carbons (Fsp3) is 0.267. The van der Waals surface area contributed by atoms with Gasteiger partial charge in [-0.25, -0.2) is 9.59 Å². The molecule has 8 nitrogen and oxygen atoms in total. The zero-order valence-corrected chi connectivity index (χ0v) is 12.3. The van der Waals surface area contributed by atoms with Gasteiger partial charge in [-0.2, -0.15) is 5.10 Å². The van der Waals surface area contributed by atoms with Crippen molar-refractivity contribution in [1.29, 1.82) is 0 Å². The molecule has 2 aromatic rings. The second-order valence-corrected chi connectivity index (χ2v) is 4.80. The average molecular weight is 318 g/mol. The number of carbonyl (C=O) groups is 2. The first kappa shape index (κ1) is 14.9. The van der Waals surface area contributed by atoms with Gasteiger partial charge in [0.1, 0.15) is 24.7 Å². The van der Waals surface area contributed by atoms with E-state index in [1.54, 1.807) is 19.2 Å². The van der Waals surface area contributed by atoms with Gasteiger partial charge >= 0.3 is 12.1 Å². The van der Waals surface area contributed by atoms with Crippen LogP contribution in [0.1, 0.15) is 10.5 Å². The smallest absolute Gasteiger partial charge is 0.497 e. The third-order valence-corrected chi connectivity index (χ3v) is 3.21. The number of ether oxygens (including phenoxy) is 4. The number of hydrogen-bond acceptors (Lipinski definition) is 7. The van der Waals surface area contributed by atoms with Crippen molar-refractivity contribution in [2.24, 2.45) is 0 Å². The standard InChI is InChI=1S/C15H14N2O6/c1-20-10-4-2-3-9(5-10)12-6-13(17-16-12)14(18)21-7-11-8-22-15(19)23-11/h2-6,11H,7-8H2,1H3,(H,16,17). The van der Waals surface area contributed by atoms with E-state index in [9.17, 15) is 9.59 Å². The first-order valence-corrected chi connectivity index (χ1v) is 6.86. The SMILES string of the molecule is COc1cccc(-c2cc(C(=O)OCC3COC(=O)O3)[nH]n2)c1. The second-order valence-electron chi connectivity index (χ2n) is 4.80. The Balaban J connectivity index is 1.64. The van der Waals surface area contributed by atoms with Crippen LogP contribution in [-0.4, -0.2) is 48.7 Å². The fourth-order valence-electron chi connectivity index (χ4n) is 2.05. The molecule has 0 amide bonds. The maximum Gasteiger partial charge on any atom is 0.508 e. The molecule has 0 spiro atoms. The van der Waals surface area contributed by atoms with Gasteiger partial charge in [-0.3, -0.25) is 5.10 Å². The van der Waals surface area contributed by atoms with Gasteiger partial charge in [0.05, 0.1) is 12.8 Å². The Labute approximate surface area is 131 Å². The first-order valence-electron chi connectivity index (χ1n) is 6.86. The van der Waals surface area contributed by atoms with E-state index in [2.05, 4.69) is 14.9 Å². The highest BCUT2D eigenvalue weighted by Gasteiger charge is 2.26. The van der Waals surface area contributed by atoms with Crippen LogP contribution in [0.2, 0.25) is 0 Å².